The van der Waals surface area contributed by atoms with Gasteiger partial charge >= 0.3 is 0 Å². The van der Waals surface area contributed by atoms with E-state index in [9.17, 15) is 0 Å². The number of nitrogens with zero attached hydrogens (tertiary/aromatic N) is 2. The monoisotopic (exact) mass is 259 g/mol. The molecule has 94 valence electrons. The summed E-state index contributed by atoms with van der Waals surface area (Å²) in [5, 5.41) is 4.43. The highest BCUT2D eigenvalue weighted by Gasteiger charge is 2.24. The summed E-state index contributed by atoms with van der Waals surface area (Å²) >= 11 is 1.81. The molecule has 1 aliphatic carbocycles. The van der Waals surface area contributed by atoms with Crippen LogP contribution in [0.15, 0.2) is 18.3 Å². The number of thiazole rings is 1. The van der Waals surface area contributed by atoms with Crippen molar-refractivity contribution < 1.29 is 0 Å². The zero-order valence-corrected chi connectivity index (χ0v) is 11.5. The van der Waals surface area contributed by atoms with Crippen LogP contribution in [0.2, 0.25) is 0 Å². The Morgan fingerprint density at radius 3 is 3.11 bits per heavy atom. The maximum Gasteiger partial charge on any atom is 0.142 e. The molecule has 0 saturated carbocycles. The molecule has 0 radical (unpaired) electrons. The lowest BCUT2D eigenvalue weighted by Crippen LogP contribution is -2.21. The fourth-order valence-electron chi connectivity index (χ4n) is 2.51. The molecule has 0 aromatic carbocycles. The van der Waals surface area contributed by atoms with E-state index in [2.05, 4.69) is 23.3 Å². The van der Waals surface area contributed by atoms with Crippen LogP contribution in [0.5, 0.6) is 0 Å². The molecule has 2 aromatic heterocycles. The number of rotatable bonds is 2. The normalized spacial score (nSPS) is 18.7. The molecule has 1 aliphatic rings. The van der Waals surface area contributed by atoms with Gasteiger partial charge in [-0.1, -0.05) is 6.07 Å². The maximum atomic E-state index is 4.83. The molecule has 1 unspecified atom stereocenters. The van der Waals surface area contributed by atoms with Gasteiger partial charge in [0.15, 0.2) is 0 Å². The Kier molecular flexibility index (Phi) is 3.14. The third-order valence-corrected chi connectivity index (χ3v) is 4.65. The Hall–Kier alpha value is -1.26. The van der Waals surface area contributed by atoms with Gasteiger partial charge < -0.3 is 5.32 Å². The first-order valence-corrected chi connectivity index (χ1v) is 7.20. The minimum atomic E-state index is 0.419. The van der Waals surface area contributed by atoms with Crippen LogP contribution < -0.4 is 5.32 Å². The van der Waals surface area contributed by atoms with Crippen molar-refractivity contribution in [2.75, 3.05) is 7.05 Å². The predicted molar refractivity (Wildman–Crippen MR) is 74.8 cm³/mol. The second-order valence-electron chi connectivity index (χ2n) is 4.73. The summed E-state index contributed by atoms with van der Waals surface area (Å²) in [5.74, 6) is 0. The van der Waals surface area contributed by atoms with Crippen LogP contribution in [0.4, 0.5) is 0 Å². The van der Waals surface area contributed by atoms with Crippen molar-refractivity contribution in [1.29, 1.82) is 0 Å². The van der Waals surface area contributed by atoms with E-state index in [1.807, 2.05) is 30.6 Å². The lowest BCUT2D eigenvalue weighted by molar-refractivity contribution is 0.490. The Bertz CT molecular complexity index is 562. The minimum Gasteiger partial charge on any atom is -0.312 e. The molecular weight excluding hydrogens is 242 g/mol. The molecule has 3 rings (SSSR count). The molecule has 2 heterocycles. The minimum absolute atomic E-state index is 0.419. The van der Waals surface area contributed by atoms with E-state index in [-0.39, 0.29) is 0 Å². The molecule has 0 aliphatic heterocycles. The first kappa shape index (κ1) is 11.8. The molecule has 0 amide bonds. The smallest absolute Gasteiger partial charge is 0.142 e. The lowest BCUT2D eigenvalue weighted by Gasteiger charge is -2.19. The summed E-state index contributed by atoms with van der Waals surface area (Å²) in [6, 6.07) is 4.49. The molecule has 0 spiro atoms. The van der Waals surface area contributed by atoms with Gasteiger partial charge in [0.1, 0.15) is 10.7 Å². The van der Waals surface area contributed by atoms with Crippen molar-refractivity contribution in [2.24, 2.45) is 0 Å². The van der Waals surface area contributed by atoms with Crippen molar-refractivity contribution in [3.8, 4) is 10.7 Å². The first-order valence-electron chi connectivity index (χ1n) is 6.38. The van der Waals surface area contributed by atoms with Gasteiger partial charge in [0.2, 0.25) is 0 Å². The molecule has 0 saturated heterocycles. The Morgan fingerprint density at radius 1 is 1.44 bits per heavy atom. The summed E-state index contributed by atoms with van der Waals surface area (Å²) in [5.41, 5.74) is 3.48. The highest BCUT2D eigenvalue weighted by Crippen LogP contribution is 2.36. The van der Waals surface area contributed by atoms with E-state index in [1.165, 1.54) is 29.0 Å². The van der Waals surface area contributed by atoms with Crippen molar-refractivity contribution in [3.63, 3.8) is 0 Å². The number of nitrogens with one attached hydrogen (secondary N) is 1. The number of pyridine rings is 1. The summed E-state index contributed by atoms with van der Waals surface area (Å²) in [7, 11) is 2.02. The molecule has 3 nitrogen and oxygen atoms in total. The van der Waals surface area contributed by atoms with Gasteiger partial charge in [-0.25, -0.2) is 4.98 Å². The molecule has 1 atom stereocenters. The number of hydrogen-bond acceptors (Lipinski definition) is 4. The van der Waals surface area contributed by atoms with Crippen LogP contribution in [0.3, 0.4) is 0 Å². The highest BCUT2D eigenvalue weighted by molar-refractivity contribution is 7.15. The topological polar surface area (TPSA) is 37.8 Å². The number of aryl methyl sites for hydroxylation is 2. The van der Waals surface area contributed by atoms with Gasteiger partial charge in [-0.3, -0.25) is 4.98 Å². The van der Waals surface area contributed by atoms with E-state index in [0.29, 0.717) is 6.04 Å². The van der Waals surface area contributed by atoms with E-state index >= 15 is 0 Å². The summed E-state index contributed by atoms with van der Waals surface area (Å²) in [6.45, 7) is 2.10. The van der Waals surface area contributed by atoms with E-state index in [0.717, 1.165) is 17.1 Å². The Morgan fingerprint density at radius 2 is 2.33 bits per heavy atom. The maximum absolute atomic E-state index is 4.83. The standard InChI is InChI=1S/C14H17N3S/c1-9-5-4-8-16-12(9)14-17-13-10(15-2)6-3-7-11(13)18-14/h4-5,8,10,15H,3,6-7H2,1-2H3. The third kappa shape index (κ3) is 1.95. The van der Waals surface area contributed by atoms with Crippen LogP contribution in [0, 0.1) is 6.92 Å². The number of fused-ring (bicyclic) bond motifs is 1. The van der Waals surface area contributed by atoms with Crippen LogP contribution in [0.25, 0.3) is 10.7 Å². The summed E-state index contributed by atoms with van der Waals surface area (Å²) in [6.07, 6.45) is 5.45. The average Bonchev–Trinajstić information content (AvgIpc) is 2.82. The summed E-state index contributed by atoms with van der Waals surface area (Å²) in [4.78, 5) is 10.7. The second kappa shape index (κ2) is 4.78. The van der Waals surface area contributed by atoms with Gasteiger partial charge in [0.05, 0.1) is 11.7 Å². The van der Waals surface area contributed by atoms with Gasteiger partial charge in [0.25, 0.3) is 0 Å². The third-order valence-electron chi connectivity index (χ3n) is 3.51. The molecule has 2 aromatic rings. The quantitative estimate of drug-likeness (QED) is 0.900. The Balaban J connectivity index is 2.05. The van der Waals surface area contributed by atoms with E-state index < -0.39 is 0 Å². The van der Waals surface area contributed by atoms with Gasteiger partial charge in [-0.2, -0.15) is 0 Å². The van der Waals surface area contributed by atoms with Gasteiger partial charge in [-0.05, 0) is 44.9 Å². The Labute approximate surface area is 111 Å². The zero-order chi connectivity index (χ0) is 12.5. The average molecular weight is 259 g/mol. The molecule has 4 heteroatoms. The van der Waals surface area contributed by atoms with Crippen molar-refractivity contribution in [3.05, 3.63) is 34.5 Å². The number of aromatic nitrogens is 2. The highest BCUT2D eigenvalue weighted by atomic mass is 32.1. The number of hydrogen-bond donors (Lipinski definition) is 1. The molecule has 1 N–H and O–H groups in total. The van der Waals surface area contributed by atoms with Crippen molar-refractivity contribution >= 4 is 11.3 Å². The predicted octanol–water partition coefficient (Wildman–Crippen LogP) is 3.11. The van der Waals surface area contributed by atoms with Crippen LogP contribution in [-0.4, -0.2) is 17.0 Å². The fraction of sp³-hybridized carbons (Fsp3) is 0.429. The molecule has 0 bridgehead atoms. The van der Waals surface area contributed by atoms with E-state index in [4.69, 9.17) is 4.98 Å². The summed E-state index contributed by atoms with van der Waals surface area (Å²) < 4.78 is 0. The van der Waals surface area contributed by atoms with Crippen LogP contribution >= 0.6 is 11.3 Å². The zero-order valence-electron chi connectivity index (χ0n) is 10.7. The molecule has 18 heavy (non-hydrogen) atoms. The van der Waals surface area contributed by atoms with Crippen LogP contribution in [-0.2, 0) is 6.42 Å². The van der Waals surface area contributed by atoms with Crippen LogP contribution in [0.1, 0.15) is 35.0 Å². The van der Waals surface area contributed by atoms with Gasteiger partial charge in [0, 0.05) is 11.1 Å². The fourth-order valence-corrected chi connectivity index (χ4v) is 3.74. The lowest BCUT2D eigenvalue weighted by atomic mass is 9.98. The van der Waals surface area contributed by atoms with Crippen molar-refractivity contribution in [1.82, 2.24) is 15.3 Å². The SMILES string of the molecule is CNC1CCCc2sc(-c3ncccc3C)nc21. The van der Waals surface area contributed by atoms with Gasteiger partial charge in [-0.15, -0.1) is 11.3 Å². The van der Waals surface area contributed by atoms with E-state index in [1.54, 1.807) is 0 Å². The van der Waals surface area contributed by atoms with Crippen molar-refractivity contribution in [2.45, 2.75) is 32.2 Å². The second-order valence-corrected chi connectivity index (χ2v) is 5.81. The molecular formula is C14H17N3S. The molecule has 0 fully saturated rings. The first-order chi connectivity index (χ1) is 8.79. The largest absolute Gasteiger partial charge is 0.312 e.